The van der Waals surface area contributed by atoms with Crippen molar-refractivity contribution in [1.29, 1.82) is 0 Å². The molecule has 14 heteroatoms. The Morgan fingerprint density at radius 3 is 1.72 bits per heavy atom. The van der Waals surface area contributed by atoms with Gasteiger partial charge in [-0.05, 0) is 121 Å². The van der Waals surface area contributed by atoms with Crippen molar-refractivity contribution in [2.24, 2.45) is 39.6 Å². The van der Waals surface area contributed by atoms with Crippen LogP contribution in [0.4, 0.5) is 4.39 Å². The molecule has 2 aromatic heterocycles. The van der Waals surface area contributed by atoms with E-state index in [1.165, 1.54) is 18.9 Å². The molecule has 4 amide bonds. The molecule has 0 bridgehead atoms. The molecule has 2 atom stereocenters. The van der Waals surface area contributed by atoms with Gasteiger partial charge >= 0.3 is 0 Å². The third kappa shape index (κ3) is 7.21. The van der Waals surface area contributed by atoms with E-state index in [1.807, 2.05) is 62.1 Å². The van der Waals surface area contributed by atoms with Gasteiger partial charge < -0.3 is 9.80 Å². The minimum absolute atomic E-state index is 0.0634. The van der Waals surface area contributed by atoms with E-state index in [2.05, 4.69) is 52.3 Å². The molecule has 0 N–H and O–H groups in total. The summed E-state index contributed by atoms with van der Waals surface area (Å²) in [4.78, 5) is 76.1. The number of carbonyl (C=O) groups is 4. The molecule has 15 rings (SSSR count). The number of rotatable bonds is 13. The first-order valence-electron chi connectivity index (χ1n) is 26.2. The number of hydrogen-bond acceptors (Lipinski definition) is 8. The van der Waals surface area contributed by atoms with Crippen LogP contribution >= 0.6 is 0 Å². The van der Waals surface area contributed by atoms with Crippen LogP contribution in [0.1, 0.15) is 80.4 Å². The summed E-state index contributed by atoms with van der Waals surface area (Å²) in [5.74, 6) is 2.79. The first kappa shape index (κ1) is 42.6. The molecule has 2 saturated heterocycles. The summed E-state index contributed by atoms with van der Waals surface area (Å²) in [7, 11) is 0. The fourth-order valence-electron chi connectivity index (χ4n) is 12.1. The number of likely N-dealkylation sites (tertiary alicyclic amines) is 2. The average molecular weight is 960 g/mol. The van der Waals surface area contributed by atoms with Crippen molar-refractivity contribution in [3.05, 3.63) is 120 Å². The molecule has 6 aromatic rings. The summed E-state index contributed by atoms with van der Waals surface area (Å²) in [6.07, 6.45) is 12.0. The SMILES string of the molecule is O=C(C1CC1)N1CC(CN2C(=O)C3(CC3)N=C2c2ccc(-c3cc(C4CC4C(=O)N4CC(CN5C(=O)C6(CC6)N=C5c5ccc(-c6ccc7cnc(F)cc7c6)cc5)C4)c4nn(CC5CC5)cc4c3)cc2)C1. The molecule has 5 aliphatic carbocycles. The van der Waals surface area contributed by atoms with Gasteiger partial charge in [0.15, 0.2) is 0 Å². The maximum absolute atomic E-state index is 14.3. The van der Waals surface area contributed by atoms with E-state index < -0.39 is 17.0 Å². The van der Waals surface area contributed by atoms with E-state index in [9.17, 15) is 23.6 Å². The van der Waals surface area contributed by atoms with Crippen LogP contribution < -0.4 is 0 Å². The lowest BCUT2D eigenvalue weighted by molar-refractivity contribution is -0.141. The minimum Gasteiger partial charge on any atom is -0.342 e. The quantitative estimate of drug-likeness (QED) is 0.108. The predicted molar refractivity (Wildman–Crippen MR) is 269 cm³/mol. The van der Waals surface area contributed by atoms with Crippen LogP contribution in [0.5, 0.6) is 0 Å². The minimum atomic E-state index is -0.651. The van der Waals surface area contributed by atoms with Gasteiger partial charge in [0.05, 0.1) is 5.52 Å². The number of pyridine rings is 1. The lowest BCUT2D eigenvalue weighted by Gasteiger charge is -2.41. The standard InChI is InChI=1S/C58H54FN9O4/c59-49-22-44-19-41(13-14-42(44)24-60-49)36-3-7-38(8-4-36)51-61-58(17-18-58)56(72)68(51)31-35-27-65(28-35)54(70)48-23-46(48)47-21-43(20-45-32-66(63-50(45)47)29-33-1-2-33)37-5-9-39(10-6-37)52-62-57(15-16-57)55(71)67(52)30-34-25-64(26-34)53(69)40-11-12-40/h3-10,13-14,19-22,24,32-35,40,46,48H,1-2,11-12,15-18,23,25-31H2. The molecule has 7 fully saturated rings. The zero-order valence-corrected chi connectivity index (χ0v) is 40.1. The van der Waals surface area contributed by atoms with Gasteiger partial charge in [0.2, 0.25) is 17.8 Å². The Bertz CT molecular complexity index is 3390. The van der Waals surface area contributed by atoms with Gasteiger partial charge in [-0.2, -0.15) is 9.49 Å². The summed E-state index contributed by atoms with van der Waals surface area (Å²) in [5.41, 5.74) is 6.73. The third-order valence-corrected chi connectivity index (χ3v) is 17.2. The van der Waals surface area contributed by atoms with Crippen molar-refractivity contribution in [3.8, 4) is 22.3 Å². The molecule has 6 heterocycles. The lowest BCUT2D eigenvalue weighted by atomic mass is 9.95. The van der Waals surface area contributed by atoms with Crippen molar-refractivity contribution in [2.75, 3.05) is 39.3 Å². The highest BCUT2D eigenvalue weighted by atomic mass is 19.1. The number of carbonyl (C=O) groups excluding carboxylic acids is 4. The fraction of sp³-hybridized carbons (Fsp3) is 0.414. The second-order valence-corrected chi connectivity index (χ2v) is 22.7. The van der Waals surface area contributed by atoms with E-state index in [-0.39, 0.29) is 53.2 Å². The van der Waals surface area contributed by atoms with E-state index in [0.717, 1.165) is 118 Å². The number of aromatic nitrogens is 3. The van der Waals surface area contributed by atoms with Crippen molar-refractivity contribution in [3.63, 3.8) is 0 Å². The molecule has 2 unspecified atom stereocenters. The van der Waals surface area contributed by atoms with E-state index in [4.69, 9.17) is 15.1 Å². The molecule has 5 saturated carbocycles. The van der Waals surface area contributed by atoms with Crippen LogP contribution in [0, 0.1) is 35.5 Å². The van der Waals surface area contributed by atoms with Gasteiger partial charge in [-0.25, -0.2) is 4.98 Å². The first-order chi connectivity index (χ1) is 35.0. The summed E-state index contributed by atoms with van der Waals surface area (Å²) in [6.45, 7) is 4.64. The second kappa shape index (κ2) is 15.5. The summed E-state index contributed by atoms with van der Waals surface area (Å²) < 4.78 is 16.0. The van der Waals surface area contributed by atoms with Crippen molar-refractivity contribution >= 4 is 57.0 Å². The zero-order valence-electron chi connectivity index (χ0n) is 40.1. The molecule has 0 radical (unpaired) electrons. The number of amidine groups is 2. The first-order valence-corrected chi connectivity index (χ1v) is 26.2. The number of hydrogen-bond donors (Lipinski definition) is 0. The highest BCUT2D eigenvalue weighted by Crippen LogP contribution is 2.53. The monoisotopic (exact) mass is 959 g/mol. The van der Waals surface area contributed by atoms with Crippen molar-refractivity contribution < 1.29 is 23.6 Å². The number of halogens is 1. The average Bonchev–Trinajstić information content (AvgIpc) is 4.12. The molecule has 2 spiro atoms. The Hall–Kier alpha value is -7.09. The van der Waals surface area contributed by atoms with Crippen LogP contribution in [0.15, 0.2) is 107 Å². The Morgan fingerprint density at radius 1 is 0.583 bits per heavy atom. The Morgan fingerprint density at radius 2 is 1.14 bits per heavy atom. The van der Waals surface area contributed by atoms with Gasteiger partial charge in [0, 0.05) is 110 Å². The van der Waals surface area contributed by atoms with Crippen molar-refractivity contribution in [1.82, 2.24) is 34.4 Å². The van der Waals surface area contributed by atoms with E-state index >= 15 is 0 Å². The molecular formula is C58H54FN9O4. The van der Waals surface area contributed by atoms with Crippen LogP contribution in [-0.2, 0) is 25.7 Å². The number of amides is 4. The zero-order chi connectivity index (χ0) is 48.2. The molecule has 72 heavy (non-hydrogen) atoms. The maximum atomic E-state index is 14.3. The van der Waals surface area contributed by atoms with Crippen LogP contribution in [-0.4, -0.2) is 120 Å². The number of nitrogens with zero attached hydrogens (tertiary/aromatic N) is 9. The topological polar surface area (TPSA) is 137 Å². The number of aliphatic imine (C=N–C) groups is 2. The molecule has 9 aliphatic rings. The van der Waals surface area contributed by atoms with Gasteiger partial charge in [-0.15, -0.1) is 0 Å². The highest BCUT2D eigenvalue weighted by Gasteiger charge is 2.59. The second-order valence-electron chi connectivity index (χ2n) is 22.7. The Labute approximate surface area is 415 Å². The molecule has 4 aliphatic heterocycles. The van der Waals surface area contributed by atoms with Gasteiger partial charge in [0.1, 0.15) is 22.7 Å². The van der Waals surface area contributed by atoms with Gasteiger partial charge in [-0.1, -0.05) is 60.7 Å². The number of benzene rings is 4. The van der Waals surface area contributed by atoms with Gasteiger partial charge in [0.25, 0.3) is 11.8 Å². The lowest BCUT2D eigenvalue weighted by Crippen LogP contribution is -2.55. The molecule has 362 valence electrons. The van der Waals surface area contributed by atoms with Gasteiger partial charge in [-0.3, -0.25) is 43.6 Å². The highest BCUT2D eigenvalue weighted by molar-refractivity contribution is 6.17. The van der Waals surface area contributed by atoms with E-state index in [0.29, 0.717) is 51.0 Å². The van der Waals surface area contributed by atoms with Crippen LogP contribution in [0.25, 0.3) is 43.9 Å². The van der Waals surface area contributed by atoms with Crippen LogP contribution in [0.3, 0.4) is 0 Å². The maximum Gasteiger partial charge on any atom is 0.256 e. The van der Waals surface area contributed by atoms with E-state index in [1.54, 1.807) is 6.20 Å². The predicted octanol–water partition coefficient (Wildman–Crippen LogP) is 7.84. The molecule has 13 nitrogen and oxygen atoms in total. The Balaban J connectivity index is 0.630. The smallest absolute Gasteiger partial charge is 0.256 e. The fourth-order valence-corrected chi connectivity index (χ4v) is 12.1. The van der Waals surface area contributed by atoms with Crippen LogP contribution in [0.2, 0.25) is 0 Å². The normalized spacial score (nSPS) is 23.8. The molecular weight excluding hydrogens is 906 g/mol. The molecule has 4 aromatic carbocycles. The Kier molecular flexibility index (Phi) is 9.14. The largest absolute Gasteiger partial charge is 0.342 e. The summed E-state index contributed by atoms with van der Waals surface area (Å²) in [5, 5.41) is 7.88. The summed E-state index contributed by atoms with van der Waals surface area (Å²) in [6, 6.07) is 28.4. The van der Waals surface area contributed by atoms with Crippen molar-refractivity contribution in [2.45, 2.75) is 81.3 Å². The number of fused-ring (bicyclic) bond motifs is 2. The summed E-state index contributed by atoms with van der Waals surface area (Å²) >= 11 is 0. The third-order valence-electron chi connectivity index (χ3n) is 17.2.